The molecule has 0 saturated carbocycles. The molecule has 1 aromatic carbocycles. The first kappa shape index (κ1) is 15.0. The van der Waals surface area contributed by atoms with E-state index in [1.807, 2.05) is 35.6 Å². The fraction of sp³-hybridized carbons (Fsp3) is 0.444. The summed E-state index contributed by atoms with van der Waals surface area (Å²) in [5, 5.41) is 2.04. The van der Waals surface area contributed by atoms with Gasteiger partial charge in [-0.1, -0.05) is 29.8 Å². The summed E-state index contributed by atoms with van der Waals surface area (Å²) in [6, 6.07) is 8.95. The zero-order valence-corrected chi connectivity index (χ0v) is 12.8. The molecule has 0 unspecified atom stereocenters. The number of imide groups is 1. The van der Waals surface area contributed by atoms with Crippen molar-refractivity contribution in [2.45, 2.75) is 44.6 Å². The first-order chi connectivity index (χ1) is 10.8. The van der Waals surface area contributed by atoms with E-state index in [4.69, 9.17) is 0 Å². The number of benzene rings is 1. The van der Waals surface area contributed by atoms with Crippen molar-refractivity contribution in [2.24, 2.45) is 0 Å². The summed E-state index contributed by atoms with van der Waals surface area (Å²) < 4.78 is 0. The number of hydrogen-bond donors (Lipinski definition) is 1. The van der Waals surface area contributed by atoms with Crippen molar-refractivity contribution in [1.29, 1.82) is 0 Å². The average Bonchev–Trinajstić information content (AvgIpc) is 2.83. The number of quaternary nitrogens is 1. The summed E-state index contributed by atoms with van der Waals surface area (Å²) in [5.41, 5.74) is 2.20. The maximum atomic E-state index is 12.5. The van der Waals surface area contributed by atoms with Crippen LogP contribution in [0.2, 0.25) is 0 Å². The predicted octanol–water partition coefficient (Wildman–Crippen LogP) is 1.77. The second-order valence-electron chi connectivity index (χ2n) is 6.10. The van der Waals surface area contributed by atoms with Crippen LogP contribution < -0.4 is 10.2 Å². The largest absolute Gasteiger partial charge is 0.335 e. The van der Waals surface area contributed by atoms with Crippen LogP contribution in [0.25, 0.3) is 0 Å². The lowest BCUT2D eigenvalue weighted by atomic mass is 9.97. The van der Waals surface area contributed by atoms with Crippen molar-refractivity contribution in [3.05, 3.63) is 42.0 Å². The molecule has 2 amide bonds. The third-order valence-electron chi connectivity index (χ3n) is 4.50. The lowest BCUT2D eigenvalue weighted by molar-refractivity contribution is -0.674. The molecule has 116 valence electrons. The second kappa shape index (κ2) is 6.88. The molecule has 1 heterocycles. The van der Waals surface area contributed by atoms with Gasteiger partial charge in [0.25, 0.3) is 5.91 Å². The summed E-state index contributed by atoms with van der Waals surface area (Å²) in [6.07, 6.45) is 8.66. The fourth-order valence-electron chi connectivity index (χ4n) is 3.29. The summed E-state index contributed by atoms with van der Waals surface area (Å²) in [5.74, 6) is -0.164. The molecular formula is C18H23N2O2+. The summed E-state index contributed by atoms with van der Waals surface area (Å²) in [4.78, 5) is 25.9. The lowest BCUT2D eigenvalue weighted by Gasteiger charge is -2.15. The van der Waals surface area contributed by atoms with Crippen LogP contribution in [0.4, 0.5) is 5.69 Å². The van der Waals surface area contributed by atoms with Gasteiger partial charge >= 0.3 is 0 Å². The van der Waals surface area contributed by atoms with Gasteiger partial charge in [0.15, 0.2) is 6.04 Å². The van der Waals surface area contributed by atoms with E-state index in [1.54, 1.807) is 0 Å². The molecule has 1 aliphatic heterocycles. The second-order valence-corrected chi connectivity index (χ2v) is 6.10. The van der Waals surface area contributed by atoms with Gasteiger partial charge < -0.3 is 5.32 Å². The molecule has 1 fully saturated rings. The zero-order valence-electron chi connectivity index (χ0n) is 12.8. The number of nitrogens with zero attached hydrogens (tertiary/aromatic N) is 1. The molecule has 2 aliphatic rings. The molecule has 0 radical (unpaired) electrons. The van der Waals surface area contributed by atoms with Gasteiger partial charge in [0, 0.05) is 6.42 Å². The van der Waals surface area contributed by atoms with Crippen LogP contribution in [0, 0.1) is 0 Å². The molecule has 3 rings (SSSR count). The Morgan fingerprint density at radius 1 is 1.14 bits per heavy atom. The van der Waals surface area contributed by atoms with Crippen LogP contribution >= 0.6 is 0 Å². The Hall–Kier alpha value is -1.94. The maximum Gasteiger partial charge on any atom is 0.292 e. The number of anilines is 1. The number of allylic oxidation sites excluding steroid dienone is 1. The zero-order chi connectivity index (χ0) is 15.4. The summed E-state index contributed by atoms with van der Waals surface area (Å²) in [6.45, 7) is 0.887. The van der Waals surface area contributed by atoms with Crippen LogP contribution in [-0.4, -0.2) is 24.4 Å². The highest BCUT2D eigenvalue weighted by Gasteiger charge is 2.41. The molecule has 0 bridgehead atoms. The summed E-state index contributed by atoms with van der Waals surface area (Å²) in [7, 11) is 0. The third kappa shape index (κ3) is 3.28. The fourth-order valence-corrected chi connectivity index (χ4v) is 3.29. The number of rotatable bonds is 5. The third-order valence-corrected chi connectivity index (χ3v) is 4.50. The number of nitrogens with two attached hydrogens (primary N) is 1. The van der Waals surface area contributed by atoms with Gasteiger partial charge in [-0.2, -0.15) is 0 Å². The molecule has 1 saturated heterocycles. The molecule has 0 spiro atoms. The highest BCUT2D eigenvalue weighted by Crippen LogP contribution is 2.21. The maximum absolute atomic E-state index is 12.5. The molecule has 1 aromatic rings. The van der Waals surface area contributed by atoms with Crippen molar-refractivity contribution in [1.82, 2.24) is 0 Å². The van der Waals surface area contributed by atoms with Crippen molar-refractivity contribution in [2.75, 3.05) is 11.4 Å². The van der Waals surface area contributed by atoms with E-state index in [0.717, 1.165) is 13.0 Å². The first-order valence-electron chi connectivity index (χ1n) is 8.19. The van der Waals surface area contributed by atoms with E-state index in [0.29, 0.717) is 12.1 Å². The van der Waals surface area contributed by atoms with Gasteiger partial charge in [-0.15, -0.1) is 0 Å². The monoisotopic (exact) mass is 299 g/mol. The van der Waals surface area contributed by atoms with E-state index in [-0.39, 0.29) is 17.9 Å². The van der Waals surface area contributed by atoms with Crippen molar-refractivity contribution in [3.8, 4) is 0 Å². The van der Waals surface area contributed by atoms with Gasteiger partial charge in [0.1, 0.15) is 0 Å². The molecule has 4 nitrogen and oxygen atoms in total. The first-order valence-corrected chi connectivity index (χ1v) is 8.19. The number of carbonyl (C=O) groups is 2. The van der Waals surface area contributed by atoms with E-state index in [9.17, 15) is 9.59 Å². The Morgan fingerprint density at radius 3 is 2.68 bits per heavy atom. The molecule has 22 heavy (non-hydrogen) atoms. The van der Waals surface area contributed by atoms with Crippen LogP contribution in [0.1, 0.15) is 38.5 Å². The van der Waals surface area contributed by atoms with Crippen molar-refractivity contribution < 1.29 is 14.9 Å². The lowest BCUT2D eigenvalue weighted by Crippen LogP contribution is -2.91. The Bertz CT molecular complexity index is 580. The van der Waals surface area contributed by atoms with Gasteiger partial charge in [0.05, 0.1) is 18.7 Å². The molecule has 2 N–H and O–H groups in total. The standard InChI is InChI=1S/C18H22N2O2/c21-17-13-16(19-12-11-14-7-3-1-4-8-14)18(22)20(17)15-9-5-2-6-10-15/h2,5-7,9-10,16,19H,1,3-4,8,11-13H2/p+1/t16-/m1/s1. The Balaban J connectivity index is 1.56. The number of hydrogen-bond acceptors (Lipinski definition) is 2. The minimum atomic E-state index is -0.253. The molecular weight excluding hydrogens is 276 g/mol. The van der Waals surface area contributed by atoms with Crippen LogP contribution in [-0.2, 0) is 9.59 Å². The quantitative estimate of drug-likeness (QED) is 0.665. The van der Waals surface area contributed by atoms with E-state index < -0.39 is 0 Å². The van der Waals surface area contributed by atoms with Gasteiger partial charge in [-0.3, -0.25) is 9.59 Å². The van der Waals surface area contributed by atoms with E-state index in [2.05, 4.69) is 6.08 Å². The van der Waals surface area contributed by atoms with E-state index in [1.165, 1.54) is 36.2 Å². The minimum Gasteiger partial charge on any atom is -0.335 e. The molecule has 1 aliphatic carbocycles. The topological polar surface area (TPSA) is 54.0 Å². The number of amides is 2. The highest BCUT2D eigenvalue weighted by atomic mass is 16.2. The molecule has 4 heteroatoms. The Morgan fingerprint density at radius 2 is 1.95 bits per heavy atom. The number of para-hydroxylation sites is 1. The average molecular weight is 299 g/mol. The molecule has 0 aromatic heterocycles. The normalized spacial score (nSPS) is 22.1. The smallest absolute Gasteiger partial charge is 0.292 e. The van der Waals surface area contributed by atoms with Crippen molar-refractivity contribution >= 4 is 17.5 Å². The number of carbonyl (C=O) groups excluding carboxylic acids is 2. The van der Waals surface area contributed by atoms with Crippen LogP contribution in [0.15, 0.2) is 42.0 Å². The minimum absolute atomic E-state index is 0.0752. The van der Waals surface area contributed by atoms with Gasteiger partial charge in [-0.25, -0.2) is 4.90 Å². The van der Waals surface area contributed by atoms with Crippen molar-refractivity contribution in [3.63, 3.8) is 0 Å². The SMILES string of the molecule is O=C1C[C@@H]([NH2+]CCC2=CCCCC2)C(=O)N1c1ccccc1. The van der Waals surface area contributed by atoms with E-state index >= 15 is 0 Å². The highest BCUT2D eigenvalue weighted by molar-refractivity contribution is 6.21. The Kier molecular flexibility index (Phi) is 4.68. The predicted molar refractivity (Wildman–Crippen MR) is 85.3 cm³/mol. The van der Waals surface area contributed by atoms with Crippen LogP contribution in [0.3, 0.4) is 0 Å². The molecule has 1 atom stereocenters. The van der Waals surface area contributed by atoms with Gasteiger partial charge in [0.2, 0.25) is 5.91 Å². The summed E-state index contributed by atoms with van der Waals surface area (Å²) >= 11 is 0. The van der Waals surface area contributed by atoms with Crippen LogP contribution in [0.5, 0.6) is 0 Å². The Labute approximate surface area is 131 Å². The van der Waals surface area contributed by atoms with Gasteiger partial charge in [-0.05, 0) is 37.8 Å².